The average molecular weight is 251 g/mol. The van der Waals surface area contributed by atoms with Crippen LogP contribution in [-0.2, 0) is 4.74 Å². The van der Waals surface area contributed by atoms with Crippen molar-refractivity contribution in [3.63, 3.8) is 0 Å². The summed E-state index contributed by atoms with van der Waals surface area (Å²) in [5, 5.41) is 10.9. The number of hydrogen-bond acceptors (Lipinski definition) is 6. The van der Waals surface area contributed by atoms with Crippen molar-refractivity contribution in [2.45, 2.75) is 13.8 Å². The van der Waals surface area contributed by atoms with E-state index in [2.05, 4.69) is 9.72 Å². The molecule has 6 heteroatoms. The van der Waals surface area contributed by atoms with E-state index in [-0.39, 0.29) is 11.4 Å². The number of pyridine rings is 1. The fourth-order valence-corrected chi connectivity index (χ4v) is 1.60. The monoisotopic (exact) mass is 251 g/mol. The molecule has 98 valence electrons. The summed E-state index contributed by atoms with van der Waals surface area (Å²) in [6.07, 6.45) is 0. The molecule has 0 aliphatic rings. The summed E-state index contributed by atoms with van der Waals surface area (Å²) in [4.78, 5) is 27.9. The summed E-state index contributed by atoms with van der Waals surface area (Å²) in [5.74, 6) is -2.10. The molecule has 0 atom stereocenters. The zero-order chi connectivity index (χ0) is 13.7. The van der Waals surface area contributed by atoms with E-state index in [1.54, 1.807) is 0 Å². The van der Waals surface area contributed by atoms with Gasteiger partial charge in [-0.2, -0.15) is 0 Å². The molecule has 0 radical (unpaired) electrons. The lowest BCUT2D eigenvalue weighted by molar-refractivity contribution is -0.255. The fraction of sp³-hybridized carbons (Fsp3) is 0.417. The Morgan fingerprint density at radius 1 is 1.28 bits per heavy atom. The first kappa shape index (κ1) is 14.0. The highest BCUT2D eigenvalue weighted by Gasteiger charge is 2.13. The van der Waals surface area contributed by atoms with Gasteiger partial charge in [-0.05, 0) is 26.0 Å². The molecule has 0 saturated carbocycles. The number of aromatic carboxylic acids is 1. The zero-order valence-corrected chi connectivity index (χ0v) is 10.6. The van der Waals surface area contributed by atoms with Gasteiger partial charge in [0.2, 0.25) is 0 Å². The Kier molecular flexibility index (Phi) is 4.65. The third-order valence-corrected chi connectivity index (χ3v) is 2.54. The number of carboxylic acids is 1. The first-order valence-corrected chi connectivity index (χ1v) is 5.60. The topological polar surface area (TPSA) is 82.6 Å². The highest BCUT2D eigenvalue weighted by Crippen LogP contribution is 2.17. The van der Waals surface area contributed by atoms with Gasteiger partial charge in [-0.1, -0.05) is 0 Å². The molecule has 0 aliphatic carbocycles. The van der Waals surface area contributed by atoms with Crippen LogP contribution in [0.2, 0.25) is 0 Å². The predicted octanol–water partition coefficient (Wildman–Crippen LogP) is 0.0779. The number of carboxylic acid groups (broad SMARTS) is 1. The van der Waals surface area contributed by atoms with Crippen molar-refractivity contribution in [3.05, 3.63) is 23.5 Å². The summed E-state index contributed by atoms with van der Waals surface area (Å²) in [7, 11) is 1.22. The van der Waals surface area contributed by atoms with Crippen LogP contribution < -0.4 is 10.0 Å². The molecule has 0 aliphatic heterocycles. The van der Waals surface area contributed by atoms with Crippen LogP contribution in [0.15, 0.2) is 12.1 Å². The van der Waals surface area contributed by atoms with Crippen molar-refractivity contribution in [2.24, 2.45) is 0 Å². The first-order chi connectivity index (χ1) is 8.53. The number of carbonyl (C=O) groups excluding carboxylic acids is 2. The lowest BCUT2D eigenvalue weighted by atomic mass is 10.2. The van der Waals surface area contributed by atoms with Crippen molar-refractivity contribution in [3.8, 4) is 0 Å². The second kappa shape index (κ2) is 6.00. The summed E-state index contributed by atoms with van der Waals surface area (Å²) in [6.45, 7) is 5.24. The van der Waals surface area contributed by atoms with Crippen molar-refractivity contribution in [1.82, 2.24) is 4.98 Å². The molecule has 1 aromatic rings. The number of aromatic nitrogens is 1. The van der Waals surface area contributed by atoms with Crippen LogP contribution in [0.25, 0.3) is 0 Å². The fourth-order valence-electron chi connectivity index (χ4n) is 1.60. The predicted molar refractivity (Wildman–Crippen MR) is 63.5 cm³/mol. The van der Waals surface area contributed by atoms with Crippen molar-refractivity contribution in [1.29, 1.82) is 0 Å². The van der Waals surface area contributed by atoms with Crippen LogP contribution in [0.4, 0.5) is 5.69 Å². The molecule has 0 fully saturated rings. The van der Waals surface area contributed by atoms with E-state index in [9.17, 15) is 14.7 Å². The Morgan fingerprint density at radius 3 is 2.28 bits per heavy atom. The number of rotatable bonds is 5. The van der Waals surface area contributed by atoms with Crippen LogP contribution in [0.3, 0.4) is 0 Å². The minimum Gasteiger partial charge on any atom is -0.543 e. The second-order valence-electron chi connectivity index (χ2n) is 3.55. The molecule has 0 N–H and O–H groups in total. The van der Waals surface area contributed by atoms with E-state index in [4.69, 9.17) is 0 Å². The van der Waals surface area contributed by atoms with Gasteiger partial charge in [0.1, 0.15) is 0 Å². The van der Waals surface area contributed by atoms with Gasteiger partial charge in [-0.15, -0.1) is 0 Å². The van der Waals surface area contributed by atoms with Crippen molar-refractivity contribution >= 4 is 17.6 Å². The number of methoxy groups -OCH3 is 1. The number of anilines is 1. The molecule has 0 spiro atoms. The van der Waals surface area contributed by atoms with E-state index >= 15 is 0 Å². The average Bonchev–Trinajstić information content (AvgIpc) is 2.38. The Bertz CT molecular complexity index is 455. The standard InChI is InChI=1S/C12H16N2O4/c1-4-14(5-2)8-6-9(11(15)16)13-10(7-8)12(17)18-3/h6-7H,4-5H2,1-3H3,(H,15,16)/p-1. The Labute approximate surface area is 105 Å². The number of carbonyl (C=O) groups is 2. The molecule has 0 amide bonds. The smallest absolute Gasteiger partial charge is 0.356 e. The minimum absolute atomic E-state index is 0.0406. The van der Waals surface area contributed by atoms with Gasteiger partial charge in [0.05, 0.1) is 18.8 Å². The molecule has 0 saturated heterocycles. The maximum absolute atomic E-state index is 11.4. The molecule has 1 aromatic heterocycles. The lowest BCUT2D eigenvalue weighted by Gasteiger charge is -2.22. The third-order valence-electron chi connectivity index (χ3n) is 2.54. The van der Waals surface area contributed by atoms with Crippen LogP contribution in [0.5, 0.6) is 0 Å². The Balaban J connectivity index is 3.30. The summed E-state index contributed by atoms with van der Waals surface area (Å²) in [5.41, 5.74) is 0.288. The van der Waals surface area contributed by atoms with Crippen LogP contribution >= 0.6 is 0 Å². The van der Waals surface area contributed by atoms with E-state index in [0.29, 0.717) is 18.8 Å². The number of nitrogens with zero attached hydrogens (tertiary/aromatic N) is 2. The SMILES string of the molecule is CCN(CC)c1cc(C(=O)[O-])nc(C(=O)OC)c1. The molecular weight excluding hydrogens is 236 g/mol. The number of ether oxygens (including phenoxy) is 1. The van der Waals surface area contributed by atoms with Gasteiger partial charge < -0.3 is 19.5 Å². The normalized spacial score (nSPS) is 9.94. The van der Waals surface area contributed by atoms with Crippen LogP contribution in [0.1, 0.15) is 34.8 Å². The van der Waals surface area contributed by atoms with Gasteiger partial charge >= 0.3 is 5.97 Å². The summed E-state index contributed by atoms with van der Waals surface area (Å²) >= 11 is 0. The zero-order valence-electron chi connectivity index (χ0n) is 10.6. The molecule has 0 aromatic carbocycles. The lowest BCUT2D eigenvalue weighted by Crippen LogP contribution is -2.27. The molecule has 18 heavy (non-hydrogen) atoms. The van der Waals surface area contributed by atoms with E-state index in [0.717, 1.165) is 0 Å². The largest absolute Gasteiger partial charge is 0.543 e. The number of esters is 1. The van der Waals surface area contributed by atoms with E-state index in [1.165, 1.54) is 19.2 Å². The Morgan fingerprint density at radius 2 is 1.83 bits per heavy atom. The van der Waals surface area contributed by atoms with Crippen LogP contribution in [-0.4, -0.2) is 37.1 Å². The molecule has 6 nitrogen and oxygen atoms in total. The van der Waals surface area contributed by atoms with Crippen molar-refractivity contribution < 1.29 is 19.4 Å². The van der Waals surface area contributed by atoms with Crippen LogP contribution in [0, 0.1) is 0 Å². The van der Waals surface area contributed by atoms with Gasteiger partial charge in [0.15, 0.2) is 5.69 Å². The molecule has 0 bridgehead atoms. The maximum atomic E-state index is 11.4. The van der Waals surface area contributed by atoms with Crippen molar-refractivity contribution in [2.75, 3.05) is 25.1 Å². The third kappa shape index (κ3) is 2.97. The van der Waals surface area contributed by atoms with Gasteiger partial charge in [0, 0.05) is 18.8 Å². The summed E-state index contributed by atoms with van der Waals surface area (Å²) < 4.78 is 4.54. The maximum Gasteiger partial charge on any atom is 0.356 e. The van der Waals surface area contributed by atoms with E-state index < -0.39 is 11.9 Å². The molecule has 1 rings (SSSR count). The highest BCUT2D eigenvalue weighted by atomic mass is 16.5. The minimum atomic E-state index is -1.42. The van der Waals surface area contributed by atoms with Gasteiger partial charge in [-0.25, -0.2) is 9.78 Å². The second-order valence-corrected chi connectivity index (χ2v) is 3.55. The van der Waals surface area contributed by atoms with Gasteiger partial charge in [0.25, 0.3) is 0 Å². The molecule has 1 heterocycles. The molecule has 0 unspecified atom stereocenters. The number of hydrogen-bond donors (Lipinski definition) is 0. The van der Waals surface area contributed by atoms with Gasteiger partial charge in [-0.3, -0.25) is 0 Å². The van der Waals surface area contributed by atoms with E-state index in [1.807, 2.05) is 18.7 Å². The molecular formula is C12H15N2O4-. The Hall–Kier alpha value is -2.11. The highest BCUT2D eigenvalue weighted by molar-refractivity contribution is 5.92. The summed E-state index contributed by atoms with van der Waals surface area (Å²) in [6, 6.07) is 2.89. The quantitative estimate of drug-likeness (QED) is 0.689. The first-order valence-electron chi connectivity index (χ1n) is 5.60.